The first-order valence-electron chi connectivity index (χ1n) is 7.53. The molecule has 0 aliphatic heterocycles. The van der Waals surface area contributed by atoms with E-state index in [0.29, 0.717) is 11.3 Å². The number of carbonyl (C=O) groups excluding carboxylic acids is 1. The van der Waals surface area contributed by atoms with Crippen LogP contribution in [0.15, 0.2) is 48.5 Å². The standard InChI is InChI=1S/C19H21N3O/c1-19(2,3)15-6-10-16(11-7-15)21-13-18(23)22-17-8-4-14(12-20)5-9-17/h4-11,21H,13H2,1-3H3,(H,22,23). The summed E-state index contributed by atoms with van der Waals surface area (Å²) in [5, 5.41) is 14.6. The summed E-state index contributed by atoms with van der Waals surface area (Å²) in [4.78, 5) is 11.9. The van der Waals surface area contributed by atoms with Gasteiger partial charge in [-0.15, -0.1) is 0 Å². The Bertz CT molecular complexity index is 704. The van der Waals surface area contributed by atoms with Gasteiger partial charge in [-0.05, 0) is 47.4 Å². The molecule has 1 amide bonds. The molecule has 0 spiro atoms. The van der Waals surface area contributed by atoms with Crippen molar-refractivity contribution < 1.29 is 4.79 Å². The van der Waals surface area contributed by atoms with Crippen LogP contribution in [0.2, 0.25) is 0 Å². The minimum atomic E-state index is -0.130. The van der Waals surface area contributed by atoms with Crippen molar-refractivity contribution in [3.63, 3.8) is 0 Å². The number of anilines is 2. The number of amides is 1. The van der Waals surface area contributed by atoms with Crippen molar-refractivity contribution in [2.45, 2.75) is 26.2 Å². The van der Waals surface area contributed by atoms with Crippen LogP contribution in [0.1, 0.15) is 31.9 Å². The Labute approximate surface area is 137 Å². The van der Waals surface area contributed by atoms with Crippen molar-refractivity contribution in [1.29, 1.82) is 5.26 Å². The van der Waals surface area contributed by atoms with E-state index in [1.807, 2.05) is 18.2 Å². The van der Waals surface area contributed by atoms with Crippen molar-refractivity contribution in [1.82, 2.24) is 0 Å². The second kappa shape index (κ2) is 6.97. The smallest absolute Gasteiger partial charge is 0.243 e. The zero-order valence-electron chi connectivity index (χ0n) is 13.7. The average molecular weight is 307 g/mol. The molecule has 2 rings (SSSR count). The van der Waals surface area contributed by atoms with Crippen LogP contribution in [-0.4, -0.2) is 12.5 Å². The minimum Gasteiger partial charge on any atom is -0.376 e. The maximum Gasteiger partial charge on any atom is 0.243 e. The summed E-state index contributed by atoms with van der Waals surface area (Å²) in [7, 11) is 0. The SMILES string of the molecule is CC(C)(C)c1ccc(NCC(=O)Nc2ccc(C#N)cc2)cc1. The molecule has 0 radical (unpaired) electrons. The lowest BCUT2D eigenvalue weighted by atomic mass is 9.87. The number of nitriles is 1. The lowest BCUT2D eigenvalue weighted by Gasteiger charge is -2.19. The van der Waals surface area contributed by atoms with Crippen LogP contribution in [0.4, 0.5) is 11.4 Å². The van der Waals surface area contributed by atoms with Gasteiger partial charge in [0.25, 0.3) is 0 Å². The number of nitrogens with zero attached hydrogens (tertiary/aromatic N) is 1. The highest BCUT2D eigenvalue weighted by Gasteiger charge is 2.12. The second-order valence-corrected chi connectivity index (χ2v) is 6.42. The molecule has 0 aliphatic rings. The molecule has 0 heterocycles. The Morgan fingerprint density at radius 1 is 1.00 bits per heavy atom. The maximum atomic E-state index is 11.9. The third-order valence-corrected chi connectivity index (χ3v) is 3.50. The number of benzene rings is 2. The van der Waals surface area contributed by atoms with Gasteiger partial charge in [-0.2, -0.15) is 5.26 Å². The molecule has 0 unspecified atom stereocenters. The molecule has 118 valence electrons. The van der Waals surface area contributed by atoms with Gasteiger partial charge in [0.1, 0.15) is 0 Å². The topological polar surface area (TPSA) is 64.9 Å². The van der Waals surface area contributed by atoms with Gasteiger partial charge in [0.15, 0.2) is 0 Å². The second-order valence-electron chi connectivity index (χ2n) is 6.42. The molecular formula is C19H21N3O. The van der Waals surface area contributed by atoms with Gasteiger partial charge in [0.2, 0.25) is 5.91 Å². The van der Waals surface area contributed by atoms with E-state index in [1.54, 1.807) is 24.3 Å². The molecular weight excluding hydrogens is 286 g/mol. The Kier molecular flexibility index (Phi) is 5.02. The first kappa shape index (κ1) is 16.6. The van der Waals surface area contributed by atoms with Crippen LogP contribution in [-0.2, 0) is 10.2 Å². The van der Waals surface area contributed by atoms with Gasteiger partial charge >= 0.3 is 0 Å². The third-order valence-electron chi connectivity index (χ3n) is 3.50. The van der Waals surface area contributed by atoms with E-state index in [2.05, 4.69) is 43.5 Å². The van der Waals surface area contributed by atoms with Crippen molar-refractivity contribution in [2.24, 2.45) is 0 Å². The number of nitrogens with one attached hydrogen (secondary N) is 2. The normalized spacial score (nSPS) is 10.7. The molecule has 0 saturated carbocycles. The first-order chi connectivity index (χ1) is 10.9. The van der Waals surface area contributed by atoms with Crippen LogP contribution < -0.4 is 10.6 Å². The number of rotatable bonds is 4. The van der Waals surface area contributed by atoms with Crippen LogP contribution in [0, 0.1) is 11.3 Å². The van der Waals surface area contributed by atoms with Crippen molar-refractivity contribution >= 4 is 17.3 Å². The van der Waals surface area contributed by atoms with E-state index in [9.17, 15) is 4.79 Å². The molecule has 0 bridgehead atoms. The summed E-state index contributed by atoms with van der Waals surface area (Å²) in [6.07, 6.45) is 0. The molecule has 0 fully saturated rings. The molecule has 4 heteroatoms. The van der Waals surface area contributed by atoms with Gasteiger partial charge < -0.3 is 10.6 Å². The van der Waals surface area contributed by atoms with E-state index >= 15 is 0 Å². The minimum absolute atomic E-state index is 0.117. The fourth-order valence-electron chi connectivity index (χ4n) is 2.10. The van der Waals surface area contributed by atoms with E-state index in [0.717, 1.165) is 5.69 Å². The highest BCUT2D eigenvalue weighted by Crippen LogP contribution is 2.23. The van der Waals surface area contributed by atoms with Gasteiger partial charge in [-0.25, -0.2) is 0 Å². The molecule has 4 nitrogen and oxygen atoms in total. The van der Waals surface area contributed by atoms with Gasteiger partial charge in [-0.1, -0.05) is 32.9 Å². The molecule has 0 atom stereocenters. The third kappa shape index (κ3) is 4.86. The summed E-state index contributed by atoms with van der Waals surface area (Å²) in [6, 6.07) is 16.9. The number of hydrogen-bond acceptors (Lipinski definition) is 3. The van der Waals surface area contributed by atoms with Crippen LogP contribution >= 0.6 is 0 Å². The summed E-state index contributed by atoms with van der Waals surface area (Å²) < 4.78 is 0. The van der Waals surface area contributed by atoms with Gasteiger partial charge in [-0.3, -0.25) is 4.79 Å². The van der Waals surface area contributed by atoms with Crippen molar-refractivity contribution in [3.8, 4) is 6.07 Å². The van der Waals surface area contributed by atoms with Crippen LogP contribution in [0.3, 0.4) is 0 Å². The fraction of sp³-hybridized carbons (Fsp3) is 0.263. The lowest BCUT2D eigenvalue weighted by Crippen LogP contribution is -2.21. The van der Waals surface area contributed by atoms with Crippen molar-refractivity contribution in [3.05, 3.63) is 59.7 Å². The van der Waals surface area contributed by atoms with E-state index in [4.69, 9.17) is 5.26 Å². The fourth-order valence-corrected chi connectivity index (χ4v) is 2.10. The first-order valence-corrected chi connectivity index (χ1v) is 7.53. The Morgan fingerprint density at radius 2 is 1.57 bits per heavy atom. The molecule has 2 aromatic carbocycles. The van der Waals surface area contributed by atoms with E-state index in [1.165, 1.54) is 5.56 Å². The van der Waals surface area contributed by atoms with E-state index in [-0.39, 0.29) is 17.9 Å². The Hall–Kier alpha value is -2.80. The Morgan fingerprint density at radius 3 is 2.09 bits per heavy atom. The summed E-state index contributed by atoms with van der Waals surface area (Å²) in [5.41, 5.74) is 3.53. The van der Waals surface area contributed by atoms with E-state index < -0.39 is 0 Å². The largest absolute Gasteiger partial charge is 0.376 e. The highest BCUT2D eigenvalue weighted by atomic mass is 16.1. The molecule has 0 aliphatic carbocycles. The predicted molar refractivity (Wildman–Crippen MR) is 93.4 cm³/mol. The van der Waals surface area contributed by atoms with Crippen molar-refractivity contribution in [2.75, 3.05) is 17.2 Å². The summed E-state index contributed by atoms with van der Waals surface area (Å²) in [6.45, 7) is 6.69. The zero-order valence-corrected chi connectivity index (χ0v) is 13.7. The molecule has 0 saturated heterocycles. The molecule has 2 N–H and O–H groups in total. The predicted octanol–water partition coefficient (Wildman–Crippen LogP) is 3.91. The summed E-state index contributed by atoms with van der Waals surface area (Å²) in [5.74, 6) is -0.130. The Balaban J connectivity index is 1.87. The molecule has 2 aromatic rings. The zero-order chi connectivity index (χ0) is 16.9. The number of carbonyl (C=O) groups is 1. The molecule has 23 heavy (non-hydrogen) atoms. The lowest BCUT2D eigenvalue weighted by molar-refractivity contribution is -0.114. The van der Waals surface area contributed by atoms with Gasteiger partial charge in [0, 0.05) is 11.4 Å². The highest BCUT2D eigenvalue weighted by molar-refractivity contribution is 5.93. The number of hydrogen-bond donors (Lipinski definition) is 2. The van der Waals surface area contributed by atoms with Gasteiger partial charge in [0.05, 0.1) is 18.2 Å². The maximum absolute atomic E-state index is 11.9. The quantitative estimate of drug-likeness (QED) is 0.900. The monoisotopic (exact) mass is 307 g/mol. The molecule has 0 aromatic heterocycles. The van der Waals surface area contributed by atoms with Crippen LogP contribution in [0.5, 0.6) is 0 Å². The van der Waals surface area contributed by atoms with Crippen LogP contribution in [0.25, 0.3) is 0 Å². The average Bonchev–Trinajstić information content (AvgIpc) is 2.53. The summed E-state index contributed by atoms with van der Waals surface area (Å²) >= 11 is 0.